The molecule has 2 fully saturated rings. The Morgan fingerprint density at radius 3 is 2.50 bits per heavy atom. The van der Waals surface area contributed by atoms with Crippen molar-refractivity contribution < 1.29 is 29.7 Å². The highest BCUT2D eigenvalue weighted by Gasteiger charge is 2.50. The molecule has 1 saturated heterocycles. The molecule has 3 amide bonds. The minimum Gasteiger partial charge on any atom is -0.508 e. The topological polar surface area (TPSA) is 204 Å². The lowest BCUT2D eigenvalue weighted by Crippen LogP contribution is -2.58. The van der Waals surface area contributed by atoms with Gasteiger partial charge in [-0.1, -0.05) is 19.1 Å². The van der Waals surface area contributed by atoms with E-state index in [0.717, 1.165) is 5.56 Å². The maximum absolute atomic E-state index is 14.2. The number of carbonyl (C=O) groups is 3. The van der Waals surface area contributed by atoms with Gasteiger partial charge in [0.05, 0.1) is 18.8 Å². The van der Waals surface area contributed by atoms with E-state index in [0.29, 0.717) is 51.5 Å². The quantitative estimate of drug-likeness (QED) is 0.0982. The number of hydrogen-bond donors (Lipinski definition) is 7. The van der Waals surface area contributed by atoms with Gasteiger partial charge in [-0.05, 0) is 68.6 Å². The number of aliphatic hydroxyl groups is 2. The third kappa shape index (κ3) is 8.56. The summed E-state index contributed by atoms with van der Waals surface area (Å²) < 4.78 is 0. The molecule has 0 bridgehead atoms. The van der Waals surface area contributed by atoms with Gasteiger partial charge in [0, 0.05) is 25.4 Å². The van der Waals surface area contributed by atoms with Gasteiger partial charge in [0.2, 0.25) is 17.7 Å². The van der Waals surface area contributed by atoms with Crippen LogP contribution in [0.4, 0.5) is 0 Å². The van der Waals surface area contributed by atoms with Gasteiger partial charge in [-0.2, -0.15) is 0 Å². The number of phenolic OH excluding ortho intramolecular Hbond substituents is 1. The molecule has 40 heavy (non-hydrogen) atoms. The number of carbonyl (C=O) groups excluding carboxylic acids is 3. The van der Waals surface area contributed by atoms with Crippen LogP contribution in [0.25, 0.3) is 0 Å². The highest BCUT2D eigenvalue weighted by atomic mass is 16.3. The number of fused-ring (bicyclic) bond motifs is 1. The Morgan fingerprint density at radius 1 is 1.12 bits per heavy atom. The first kappa shape index (κ1) is 31.2. The third-order valence-electron chi connectivity index (χ3n) is 7.76. The minimum absolute atomic E-state index is 0.0256. The number of benzene rings is 1. The largest absolute Gasteiger partial charge is 0.508 e. The molecule has 1 aliphatic heterocycles. The fourth-order valence-electron chi connectivity index (χ4n) is 5.78. The Bertz CT molecular complexity index is 1030. The molecule has 0 aromatic heterocycles. The number of rotatable bonds is 13. The Labute approximate surface area is 235 Å². The van der Waals surface area contributed by atoms with E-state index in [1.165, 1.54) is 12.1 Å². The van der Waals surface area contributed by atoms with Crippen LogP contribution in [-0.4, -0.2) is 87.3 Å². The zero-order chi connectivity index (χ0) is 29.2. The summed E-state index contributed by atoms with van der Waals surface area (Å²) in [6.45, 7) is 1.96. The van der Waals surface area contributed by atoms with Gasteiger partial charge in [0.25, 0.3) is 0 Å². The summed E-state index contributed by atoms with van der Waals surface area (Å²) in [7, 11) is 0. The van der Waals surface area contributed by atoms with Crippen LogP contribution in [-0.2, 0) is 20.8 Å². The second-order valence-electron chi connectivity index (χ2n) is 10.9. The summed E-state index contributed by atoms with van der Waals surface area (Å²) in [4.78, 5) is 45.9. The van der Waals surface area contributed by atoms with Crippen molar-refractivity contribution in [1.29, 1.82) is 0 Å². The van der Waals surface area contributed by atoms with E-state index in [4.69, 9.17) is 11.5 Å². The van der Waals surface area contributed by atoms with E-state index in [1.807, 2.05) is 6.92 Å². The van der Waals surface area contributed by atoms with Gasteiger partial charge >= 0.3 is 0 Å². The number of phenols is 1. The number of nitrogens with one attached hydrogen (secondary N) is 2. The lowest BCUT2D eigenvalue weighted by Gasteiger charge is -2.37. The number of nitrogens with two attached hydrogens (primary N) is 2. The molecule has 1 aromatic rings. The fourth-order valence-corrected chi connectivity index (χ4v) is 5.78. The van der Waals surface area contributed by atoms with Gasteiger partial charge in [-0.15, -0.1) is 0 Å². The van der Waals surface area contributed by atoms with Crippen molar-refractivity contribution in [1.82, 2.24) is 15.5 Å². The summed E-state index contributed by atoms with van der Waals surface area (Å²) in [5, 5.41) is 35.8. The molecular weight excluding hydrogens is 516 g/mol. The van der Waals surface area contributed by atoms with E-state index < -0.39 is 24.2 Å². The van der Waals surface area contributed by atoms with Gasteiger partial charge in [-0.3, -0.25) is 19.4 Å². The summed E-state index contributed by atoms with van der Waals surface area (Å²) in [5.41, 5.74) is 11.5. The smallest absolute Gasteiger partial charge is 0.246 e. The summed E-state index contributed by atoms with van der Waals surface area (Å²) in [5.74, 6) is -0.913. The molecule has 0 radical (unpaired) electrons. The summed E-state index contributed by atoms with van der Waals surface area (Å²) >= 11 is 0. The number of likely N-dealkylation sites (tertiary alicyclic amines) is 1. The van der Waals surface area contributed by atoms with Crippen LogP contribution >= 0.6 is 0 Å². The maximum atomic E-state index is 14.2. The Kier molecular flexibility index (Phi) is 11.6. The lowest BCUT2D eigenvalue weighted by molar-refractivity contribution is -0.144. The minimum atomic E-state index is -0.926. The van der Waals surface area contributed by atoms with Crippen LogP contribution in [0.15, 0.2) is 29.3 Å². The number of guanidine groups is 1. The van der Waals surface area contributed by atoms with Crippen LogP contribution in [0, 0.1) is 5.92 Å². The van der Waals surface area contributed by atoms with Crippen molar-refractivity contribution in [2.45, 2.75) is 95.0 Å². The molecule has 0 spiro atoms. The van der Waals surface area contributed by atoms with Gasteiger partial charge in [0.1, 0.15) is 17.8 Å². The molecule has 9 N–H and O–H groups in total. The molecule has 12 nitrogen and oxygen atoms in total. The molecule has 1 aliphatic carbocycles. The average Bonchev–Trinajstić information content (AvgIpc) is 3.29. The highest BCUT2D eigenvalue weighted by molar-refractivity contribution is 5.93. The molecule has 2 aliphatic rings. The summed E-state index contributed by atoms with van der Waals surface area (Å²) in [6, 6.07) is 3.82. The Balaban J connectivity index is 1.83. The van der Waals surface area contributed by atoms with E-state index in [9.17, 15) is 29.7 Å². The van der Waals surface area contributed by atoms with E-state index in [2.05, 4.69) is 15.6 Å². The number of amides is 3. The number of nitrogens with zero attached hydrogens (tertiary/aromatic N) is 2. The first-order chi connectivity index (χ1) is 19.1. The van der Waals surface area contributed by atoms with Gasteiger partial charge in [0.15, 0.2) is 5.96 Å². The highest BCUT2D eigenvalue weighted by Crippen LogP contribution is 2.40. The van der Waals surface area contributed by atoms with E-state index in [1.54, 1.807) is 17.0 Å². The molecule has 1 heterocycles. The predicted molar refractivity (Wildman–Crippen MR) is 150 cm³/mol. The van der Waals surface area contributed by atoms with Crippen LogP contribution in [0.1, 0.15) is 63.9 Å². The SMILES string of the molecule is CCCC(=O)N[C@@H](Cc1ccc(O)cc1)C(=O)N1[C@H](C(=O)NC(CO)CCCN=C(N)N)C[C@@H]2CCC(O)C[C@@H]21. The normalized spacial score (nSPS) is 23.5. The van der Waals surface area contributed by atoms with Crippen molar-refractivity contribution in [2.24, 2.45) is 22.4 Å². The van der Waals surface area contributed by atoms with Crippen LogP contribution in [0.3, 0.4) is 0 Å². The second kappa shape index (κ2) is 14.8. The zero-order valence-electron chi connectivity index (χ0n) is 23.2. The monoisotopic (exact) mass is 560 g/mol. The fraction of sp³-hybridized carbons (Fsp3) is 0.643. The van der Waals surface area contributed by atoms with E-state index >= 15 is 0 Å². The molecule has 3 rings (SSSR count). The van der Waals surface area contributed by atoms with Crippen LogP contribution in [0.2, 0.25) is 0 Å². The number of aliphatic hydroxyl groups excluding tert-OH is 2. The number of aliphatic imine (C=N–C) groups is 1. The number of hydrogen-bond acceptors (Lipinski definition) is 7. The second-order valence-corrected chi connectivity index (χ2v) is 10.9. The van der Waals surface area contributed by atoms with Crippen LogP contribution < -0.4 is 22.1 Å². The molecule has 6 atom stereocenters. The Morgan fingerprint density at radius 2 is 1.85 bits per heavy atom. The standard InChI is InChI=1S/C28H44N6O6/c1-2-4-25(38)33-22(13-17-6-9-20(36)10-7-17)27(40)34-23-15-21(37)11-8-18(23)14-24(34)26(39)32-19(16-35)5-3-12-31-28(29)30/h6-7,9-10,18-19,21-24,35-37H,2-5,8,11-16H2,1H3,(H,32,39)(H,33,38)(H4,29,30,31)/t18-,19?,21?,22-,23-,24-/m0/s1. The average molecular weight is 561 g/mol. The van der Waals surface area contributed by atoms with Crippen molar-refractivity contribution in [3.8, 4) is 5.75 Å². The van der Waals surface area contributed by atoms with Gasteiger partial charge < -0.3 is 42.3 Å². The van der Waals surface area contributed by atoms with Crippen molar-refractivity contribution in [2.75, 3.05) is 13.2 Å². The molecule has 12 heteroatoms. The Hall–Kier alpha value is -3.38. The molecule has 2 unspecified atom stereocenters. The van der Waals surface area contributed by atoms with Crippen molar-refractivity contribution in [3.63, 3.8) is 0 Å². The third-order valence-corrected chi connectivity index (χ3v) is 7.76. The lowest BCUT2D eigenvalue weighted by atomic mass is 9.83. The van der Waals surface area contributed by atoms with Crippen LogP contribution in [0.5, 0.6) is 5.75 Å². The number of aromatic hydroxyl groups is 1. The zero-order valence-corrected chi connectivity index (χ0v) is 23.2. The predicted octanol–water partition coefficient (Wildman–Crippen LogP) is -0.119. The molecule has 1 aromatic carbocycles. The van der Waals surface area contributed by atoms with Crippen molar-refractivity contribution >= 4 is 23.7 Å². The molecule has 222 valence electrons. The van der Waals surface area contributed by atoms with Gasteiger partial charge in [-0.25, -0.2) is 0 Å². The maximum Gasteiger partial charge on any atom is 0.246 e. The van der Waals surface area contributed by atoms with Crippen molar-refractivity contribution in [3.05, 3.63) is 29.8 Å². The summed E-state index contributed by atoms with van der Waals surface area (Å²) in [6.07, 6.45) is 3.56. The van der Waals surface area contributed by atoms with E-state index in [-0.39, 0.29) is 60.8 Å². The first-order valence-corrected chi connectivity index (χ1v) is 14.2. The first-order valence-electron chi connectivity index (χ1n) is 14.2. The molecular formula is C28H44N6O6. The molecule has 1 saturated carbocycles.